The number of rotatable bonds is 12. The quantitative estimate of drug-likeness (QED) is 0.227. The van der Waals surface area contributed by atoms with Crippen molar-refractivity contribution in [3.8, 4) is 5.75 Å². The molecule has 1 aliphatic rings. The summed E-state index contributed by atoms with van der Waals surface area (Å²) >= 11 is 0. The first kappa shape index (κ1) is 27.4. The number of hydrogen-bond acceptors (Lipinski definition) is 9. The maximum Gasteiger partial charge on any atom is 0.246 e. The average Bonchev–Trinajstić information content (AvgIpc) is 3.38. The Kier molecular flexibility index (Phi) is 9.09. The van der Waals surface area contributed by atoms with Crippen molar-refractivity contribution in [3.63, 3.8) is 0 Å². The van der Waals surface area contributed by atoms with Gasteiger partial charge in [-0.05, 0) is 75.0 Å². The van der Waals surface area contributed by atoms with Crippen LogP contribution in [0.1, 0.15) is 25.7 Å². The molecule has 4 aromatic rings. The molecule has 0 radical (unpaired) electrons. The number of nitrogens with zero attached hydrogens (tertiary/aromatic N) is 6. The van der Waals surface area contributed by atoms with Crippen molar-refractivity contribution < 1.29 is 19.0 Å². The summed E-state index contributed by atoms with van der Waals surface area (Å²) in [6.07, 6.45) is 7.22. The molecule has 2 aromatic carbocycles. The van der Waals surface area contributed by atoms with Gasteiger partial charge in [0.05, 0.1) is 18.3 Å². The Morgan fingerprint density at radius 2 is 2.02 bits per heavy atom. The molecule has 0 unspecified atom stereocenters. The highest BCUT2D eigenvalue weighted by Crippen LogP contribution is 2.26. The highest BCUT2D eigenvalue weighted by molar-refractivity contribution is 5.91. The maximum absolute atomic E-state index is 13.3. The van der Waals surface area contributed by atoms with E-state index >= 15 is 0 Å². The van der Waals surface area contributed by atoms with Crippen LogP contribution in [-0.2, 0) is 11.3 Å². The zero-order valence-electron chi connectivity index (χ0n) is 22.2. The molecular weight excluding hydrogens is 515 g/mol. The molecule has 3 N–H and O–H groups in total. The van der Waals surface area contributed by atoms with Crippen LogP contribution < -0.4 is 15.4 Å². The van der Waals surface area contributed by atoms with Gasteiger partial charge in [-0.25, -0.2) is 19.0 Å². The number of aliphatic hydroxyl groups is 1. The summed E-state index contributed by atoms with van der Waals surface area (Å²) in [4.78, 5) is 23.5. The molecule has 0 aliphatic carbocycles. The molecule has 0 spiro atoms. The molecule has 1 fully saturated rings. The average molecular weight is 549 g/mol. The number of anilines is 3. The van der Waals surface area contributed by atoms with E-state index in [2.05, 4.69) is 35.8 Å². The number of fused-ring (bicyclic) bond motifs is 1. The lowest BCUT2D eigenvalue weighted by molar-refractivity contribution is -0.116. The third-order valence-electron chi connectivity index (χ3n) is 6.94. The lowest BCUT2D eigenvalue weighted by atomic mass is 9.94. The summed E-state index contributed by atoms with van der Waals surface area (Å²) in [5.41, 5.74) is 1.09. The van der Waals surface area contributed by atoms with Crippen LogP contribution in [-0.4, -0.2) is 73.7 Å². The number of carbonyl (C=O) groups excluding carboxylic acids is 1. The summed E-state index contributed by atoms with van der Waals surface area (Å²) in [6, 6.07) is 11.4. The predicted molar refractivity (Wildman–Crippen MR) is 149 cm³/mol. The normalized spacial score (nSPS) is 14.3. The topological polar surface area (TPSA) is 130 Å². The van der Waals surface area contributed by atoms with Gasteiger partial charge in [-0.2, -0.15) is 0 Å². The number of aromatic nitrogens is 5. The van der Waals surface area contributed by atoms with Crippen LogP contribution in [0, 0.1) is 11.7 Å². The molecule has 12 heteroatoms. The van der Waals surface area contributed by atoms with Crippen molar-refractivity contribution in [1.29, 1.82) is 0 Å². The van der Waals surface area contributed by atoms with Gasteiger partial charge in [0.25, 0.3) is 0 Å². The number of hydrogen-bond donors (Lipinski definition) is 3. The summed E-state index contributed by atoms with van der Waals surface area (Å²) < 4.78 is 20.7. The number of aliphatic hydroxyl groups excluding tert-OH is 1. The number of amides is 1. The summed E-state index contributed by atoms with van der Waals surface area (Å²) in [5, 5.41) is 23.7. The molecule has 0 saturated carbocycles. The second kappa shape index (κ2) is 13.3. The van der Waals surface area contributed by atoms with Gasteiger partial charge in [-0.3, -0.25) is 4.79 Å². The van der Waals surface area contributed by atoms with Crippen molar-refractivity contribution in [2.45, 2.75) is 32.2 Å². The van der Waals surface area contributed by atoms with Gasteiger partial charge >= 0.3 is 0 Å². The first-order chi connectivity index (χ1) is 19.6. The molecule has 11 nitrogen and oxygen atoms in total. The Hall–Kier alpha value is -4.16. The van der Waals surface area contributed by atoms with E-state index in [9.17, 15) is 9.18 Å². The zero-order chi connectivity index (χ0) is 27.7. The first-order valence-corrected chi connectivity index (χ1v) is 13.5. The van der Waals surface area contributed by atoms with E-state index in [1.165, 1.54) is 29.2 Å². The standard InChI is InChI=1S/C28H33FN8O3/c29-21-3-1-4-22(15-21)32-27(39)18-37-17-26(34-35-37)33-28-24-6-5-23(16-25(24)30-19-31-28)40-14-2-10-36-11-7-20(8-12-36)9-13-38/h1,3-6,15-17,19-20,38H,2,7-14,18H2,(H,32,39)(H,30,31,33). The van der Waals surface area contributed by atoms with Gasteiger partial charge in [-0.15, -0.1) is 5.10 Å². The molecular formula is C28H33FN8O3. The van der Waals surface area contributed by atoms with E-state index in [1.807, 2.05) is 18.2 Å². The second-order valence-corrected chi connectivity index (χ2v) is 9.89. The number of benzene rings is 2. The van der Waals surface area contributed by atoms with Crippen LogP contribution in [0.15, 0.2) is 55.0 Å². The number of ether oxygens (including phenoxy) is 1. The molecule has 40 heavy (non-hydrogen) atoms. The smallest absolute Gasteiger partial charge is 0.246 e. The number of carbonyl (C=O) groups is 1. The van der Waals surface area contributed by atoms with Crippen LogP contribution in [0.4, 0.5) is 21.7 Å². The third-order valence-corrected chi connectivity index (χ3v) is 6.94. The van der Waals surface area contributed by atoms with Crippen LogP contribution >= 0.6 is 0 Å². The number of halogens is 1. The highest BCUT2D eigenvalue weighted by atomic mass is 19.1. The van der Waals surface area contributed by atoms with E-state index in [-0.39, 0.29) is 19.1 Å². The fraction of sp³-hybridized carbons (Fsp3) is 0.393. The van der Waals surface area contributed by atoms with Crippen molar-refractivity contribution in [1.82, 2.24) is 29.9 Å². The Balaban J connectivity index is 1.11. The van der Waals surface area contributed by atoms with Crippen LogP contribution in [0.25, 0.3) is 10.9 Å². The largest absolute Gasteiger partial charge is 0.493 e. The molecule has 210 valence electrons. The SMILES string of the molecule is O=C(Cn1cc(Nc2ncnc3cc(OCCCN4CCC(CCO)CC4)ccc23)nn1)Nc1cccc(F)c1. The molecule has 2 aromatic heterocycles. The van der Waals surface area contributed by atoms with Gasteiger partial charge in [0, 0.05) is 30.3 Å². The Labute approximate surface area is 231 Å². The molecule has 0 atom stereocenters. The molecule has 0 bridgehead atoms. The zero-order valence-corrected chi connectivity index (χ0v) is 22.2. The minimum absolute atomic E-state index is 0.0849. The van der Waals surface area contributed by atoms with Crippen molar-refractivity contribution in [2.24, 2.45) is 5.92 Å². The highest BCUT2D eigenvalue weighted by Gasteiger charge is 2.18. The maximum atomic E-state index is 13.3. The fourth-order valence-electron chi connectivity index (χ4n) is 4.85. The van der Waals surface area contributed by atoms with Crippen LogP contribution in [0.5, 0.6) is 5.75 Å². The third kappa shape index (κ3) is 7.48. The Morgan fingerprint density at radius 3 is 2.85 bits per heavy atom. The Bertz CT molecular complexity index is 1420. The molecule has 1 amide bonds. The first-order valence-electron chi connectivity index (χ1n) is 13.5. The molecule has 1 saturated heterocycles. The van der Waals surface area contributed by atoms with Gasteiger partial charge < -0.3 is 25.4 Å². The van der Waals surface area contributed by atoms with Gasteiger partial charge in [0.1, 0.15) is 30.3 Å². The van der Waals surface area contributed by atoms with Gasteiger partial charge in [-0.1, -0.05) is 11.3 Å². The number of piperidine rings is 1. The summed E-state index contributed by atoms with van der Waals surface area (Å²) in [7, 11) is 0. The summed E-state index contributed by atoms with van der Waals surface area (Å²) in [6.45, 7) is 4.00. The van der Waals surface area contributed by atoms with Crippen LogP contribution in [0.3, 0.4) is 0 Å². The van der Waals surface area contributed by atoms with Crippen molar-refractivity contribution in [3.05, 3.63) is 60.8 Å². The molecule has 3 heterocycles. The lowest BCUT2D eigenvalue weighted by Crippen LogP contribution is -2.35. The minimum atomic E-state index is -0.428. The fourth-order valence-corrected chi connectivity index (χ4v) is 4.85. The van der Waals surface area contributed by atoms with Gasteiger partial charge in [0.15, 0.2) is 5.82 Å². The van der Waals surface area contributed by atoms with E-state index in [0.717, 1.165) is 62.0 Å². The minimum Gasteiger partial charge on any atom is -0.493 e. The van der Waals surface area contributed by atoms with E-state index in [0.29, 0.717) is 29.8 Å². The van der Waals surface area contributed by atoms with E-state index in [1.54, 1.807) is 12.3 Å². The van der Waals surface area contributed by atoms with Crippen molar-refractivity contribution in [2.75, 3.05) is 43.5 Å². The monoisotopic (exact) mass is 548 g/mol. The van der Waals surface area contributed by atoms with E-state index in [4.69, 9.17) is 9.84 Å². The van der Waals surface area contributed by atoms with Crippen LogP contribution in [0.2, 0.25) is 0 Å². The molecule has 5 rings (SSSR count). The lowest BCUT2D eigenvalue weighted by Gasteiger charge is -2.31. The second-order valence-electron chi connectivity index (χ2n) is 9.89. The van der Waals surface area contributed by atoms with E-state index < -0.39 is 5.82 Å². The predicted octanol–water partition coefficient (Wildman–Crippen LogP) is 3.61. The number of nitrogens with one attached hydrogen (secondary N) is 2. The summed E-state index contributed by atoms with van der Waals surface area (Å²) in [5.74, 6) is 1.58. The number of likely N-dealkylation sites (tertiary alicyclic amines) is 1. The Morgan fingerprint density at radius 1 is 1.15 bits per heavy atom. The molecule has 1 aliphatic heterocycles. The van der Waals surface area contributed by atoms with Crippen molar-refractivity contribution >= 4 is 34.1 Å². The van der Waals surface area contributed by atoms with Gasteiger partial charge in [0.2, 0.25) is 5.91 Å².